The predicted molar refractivity (Wildman–Crippen MR) is 100 cm³/mol. The molecule has 0 radical (unpaired) electrons. The summed E-state index contributed by atoms with van der Waals surface area (Å²) in [6, 6.07) is 7.35. The van der Waals surface area contributed by atoms with Crippen LogP contribution in [-0.4, -0.2) is 46.5 Å². The summed E-state index contributed by atoms with van der Waals surface area (Å²) in [7, 11) is 0. The summed E-state index contributed by atoms with van der Waals surface area (Å²) in [5, 5.41) is 12.8. The van der Waals surface area contributed by atoms with Crippen LogP contribution in [0.1, 0.15) is 18.2 Å². The van der Waals surface area contributed by atoms with Gasteiger partial charge in [-0.3, -0.25) is 14.5 Å². The SMILES string of the molecule is CCCN(CC(=O)O)CC(=O)Nc1nc(-c2ccc(Cl)cc2)c(C)s1. The van der Waals surface area contributed by atoms with Crippen LogP contribution >= 0.6 is 22.9 Å². The first kappa shape index (κ1) is 19.4. The van der Waals surface area contributed by atoms with Crippen molar-refractivity contribution in [2.45, 2.75) is 20.3 Å². The molecule has 1 amide bonds. The number of carboxylic acids is 1. The van der Waals surface area contributed by atoms with Gasteiger partial charge in [0.05, 0.1) is 18.8 Å². The number of carboxylic acid groups (broad SMARTS) is 1. The van der Waals surface area contributed by atoms with Crippen LogP contribution in [0, 0.1) is 6.92 Å². The molecule has 2 N–H and O–H groups in total. The molecule has 6 nitrogen and oxygen atoms in total. The first-order valence-electron chi connectivity index (χ1n) is 7.86. The van der Waals surface area contributed by atoms with E-state index < -0.39 is 5.97 Å². The van der Waals surface area contributed by atoms with E-state index in [1.165, 1.54) is 11.3 Å². The summed E-state index contributed by atoms with van der Waals surface area (Å²) in [5.41, 5.74) is 1.73. The van der Waals surface area contributed by atoms with Crippen LogP contribution < -0.4 is 5.32 Å². The second-order valence-corrected chi connectivity index (χ2v) is 7.22. The average Bonchev–Trinajstić information content (AvgIpc) is 2.88. The van der Waals surface area contributed by atoms with E-state index in [1.807, 2.05) is 26.0 Å². The summed E-state index contributed by atoms with van der Waals surface area (Å²) >= 11 is 7.29. The summed E-state index contributed by atoms with van der Waals surface area (Å²) in [5.74, 6) is -1.22. The van der Waals surface area contributed by atoms with Crippen molar-refractivity contribution in [1.82, 2.24) is 9.88 Å². The molecular formula is C17H20ClN3O3S. The quantitative estimate of drug-likeness (QED) is 0.731. The molecule has 0 aliphatic heterocycles. The highest BCUT2D eigenvalue weighted by Gasteiger charge is 2.16. The van der Waals surface area contributed by atoms with Gasteiger partial charge in [-0.1, -0.05) is 30.7 Å². The van der Waals surface area contributed by atoms with Crippen LogP contribution in [0.15, 0.2) is 24.3 Å². The van der Waals surface area contributed by atoms with Crippen LogP contribution in [-0.2, 0) is 9.59 Å². The molecule has 0 aliphatic rings. The molecular weight excluding hydrogens is 362 g/mol. The molecule has 0 saturated heterocycles. The van der Waals surface area contributed by atoms with Crippen molar-refractivity contribution in [2.75, 3.05) is 25.0 Å². The lowest BCUT2D eigenvalue weighted by molar-refractivity contribution is -0.138. The van der Waals surface area contributed by atoms with Gasteiger partial charge >= 0.3 is 5.97 Å². The van der Waals surface area contributed by atoms with E-state index in [9.17, 15) is 9.59 Å². The number of nitrogens with one attached hydrogen (secondary N) is 1. The third-order valence-corrected chi connectivity index (χ3v) is 4.56. The number of halogens is 1. The maximum absolute atomic E-state index is 12.2. The zero-order chi connectivity index (χ0) is 18.4. The summed E-state index contributed by atoms with van der Waals surface area (Å²) in [6.45, 7) is 4.29. The molecule has 8 heteroatoms. The lowest BCUT2D eigenvalue weighted by Gasteiger charge is -2.18. The van der Waals surface area contributed by atoms with Crippen molar-refractivity contribution in [3.63, 3.8) is 0 Å². The van der Waals surface area contributed by atoms with E-state index in [0.717, 1.165) is 22.6 Å². The molecule has 0 aliphatic carbocycles. The van der Waals surface area contributed by atoms with Crippen molar-refractivity contribution >= 4 is 39.9 Å². The van der Waals surface area contributed by atoms with Crippen LogP contribution in [0.3, 0.4) is 0 Å². The molecule has 1 aromatic heterocycles. The number of hydrogen-bond acceptors (Lipinski definition) is 5. The van der Waals surface area contributed by atoms with E-state index in [2.05, 4.69) is 10.3 Å². The Labute approximate surface area is 155 Å². The Morgan fingerprint density at radius 3 is 2.56 bits per heavy atom. The zero-order valence-electron chi connectivity index (χ0n) is 14.1. The number of rotatable bonds is 8. The van der Waals surface area contributed by atoms with Gasteiger partial charge in [0.2, 0.25) is 5.91 Å². The fourth-order valence-corrected chi connectivity index (χ4v) is 3.39. The number of aryl methyl sites for hydroxylation is 1. The zero-order valence-corrected chi connectivity index (χ0v) is 15.7. The molecule has 0 atom stereocenters. The third kappa shape index (κ3) is 5.81. The molecule has 2 rings (SSSR count). The molecule has 134 valence electrons. The number of aliphatic carboxylic acids is 1. The standard InChI is InChI=1S/C17H20ClN3O3S/c1-3-8-21(10-15(23)24)9-14(22)19-17-20-16(11(2)25-17)12-4-6-13(18)7-5-12/h4-7H,3,8-10H2,1-2H3,(H,23,24)(H,19,20,22). The van der Waals surface area contributed by atoms with E-state index in [4.69, 9.17) is 16.7 Å². The number of aromatic nitrogens is 1. The number of thiazole rings is 1. The molecule has 25 heavy (non-hydrogen) atoms. The average molecular weight is 382 g/mol. The van der Waals surface area contributed by atoms with Crippen molar-refractivity contribution in [2.24, 2.45) is 0 Å². The highest BCUT2D eigenvalue weighted by Crippen LogP contribution is 2.30. The number of amides is 1. The van der Waals surface area contributed by atoms with Crippen LogP contribution in [0.5, 0.6) is 0 Å². The first-order chi connectivity index (χ1) is 11.9. The molecule has 0 bridgehead atoms. The van der Waals surface area contributed by atoms with E-state index in [-0.39, 0.29) is 19.0 Å². The molecule has 0 spiro atoms. The first-order valence-corrected chi connectivity index (χ1v) is 9.06. The number of nitrogens with zero attached hydrogens (tertiary/aromatic N) is 2. The Hall–Kier alpha value is -1.96. The minimum atomic E-state index is -0.948. The fraction of sp³-hybridized carbons (Fsp3) is 0.353. The number of carbonyl (C=O) groups excluding carboxylic acids is 1. The van der Waals surface area contributed by atoms with Crippen molar-refractivity contribution in [1.29, 1.82) is 0 Å². The van der Waals surface area contributed by atoms with Gasteiger partial charge in [0.25, 0.3) is 0 Å². The van der Waals surface area contributed by atoms with Crippen LogP contribution in [0.4, 0.5) is 5.13 Å². The maximum atomic E-state index is 12.2. The highest BCUT2D eigenvalue weighted by atomic mass is 35.5. The molecule has 1 heterocycles. The number of benzene rings is 1. The maximum Gasteiger partial charge on any atom is 0.317 e. The topological polar surface area (TPSA) is 82.5 Å². The smallest absolute Gasteiger partial charge is 0.317 e. The normalized spacial score (nSPS) is 10.9. The Balaban J connectivity index is 2.05. The van der Waals surface area contributed by atoms with Gasteiger partial charge in [0, 0.05) is 15.5 Å². The molecule has 2 aromatic rings. The predicted octanol–water partition coefficient (Wildman–Crippen LogP) is 3.51. The second kappa shape index (κ2) is 8.94. The van der Waals surface area contributed by atoms with Gasteiger partial charge in [-0.25, -0.2) is 4.98 Å². The summed E-state index contributed by atoms with van der Waals surface area (Å²) in [4.78, 5) is 30.1. The molecule has 0 fully saturated rings. The Morgan fingerprint density at radius 2 is 1.96 bits per heavy atom. The third-order valence-electron chi connectivity index (χ3n) is 3.43. The van der Waals surface area contributed by atoms with E-state index in [0.29, 0.717) is 16.7 Å². The number of carbonyl (C=O) groups is 2. The van der Waals surface area contributed by atoms with Crippen molar-refractivity contribution < 1.29 is 14.7 Å². The largest absolute Gasteiger partial charge is 0.480 e. The Bertz CT molecular complexity index is 746. The minimum Gasteiger partial charge on any atom is -0.480 e. The lowest BCUT2D eigenvalue weighted by atomic mass is 10.1. The van der Waals surface area contributed by atoms with Gasteiger partial charge in [-0.05, 0) is 32.0 Å². The Kier molecular flexibility index (Phi) is 6.92. The van der Waals surface area contributed by atoms with E-state index >= 15 is 0 Å². The van der Waals surface area contributed by atoms with Crippen molar-refractivity contribution in [3.8, 4) is 11.3 Å². The lowest BCUT2D eigenvalue weighted by Crippen LogP contribution is -2.37. The summed E-state index contributed by atoms with van der Waals surface area (Å²) < 4.78 is 0. The second-order valence-electron chi connectivity index (χ2n) is 5.58. The molecule has 0 unspecified atom stereocenters. The monoisotopic (exact) mass is 381 g/mol. The van der Waals surface area contributed by atoms with Gasteiger partial charge in [-0.15, -0.1) is 11.3 Å². The van der Waals surface area contributed by atoms with Gasteiger partial charge in [0.1, 0.15) is 0 Å². The van der Waals surface area contributed by atoms with Crippen LogP contribution in [0.25, 0.3) is 11.3 Å². The summed E-state index contributed by atoms with van der Waals surface area (Å²) in [6.07, 6.45) is 0.775. The fourth-order valence-electron chi connectivity index (χ4n) is 2.41. The Morgan fingerprint density at radius 1 is 1.28 bits per heavy atom. The van der Waals surface area contributed by atoms with Gasteiger partial charge in [0.15, 0.2) is 5.13 Å². The highest BCUT2D eigenvalue weighted by molar-refractivity contribution is 7.16. The number of hydrogen-bond donors (Lipinski definition) is 2. The molecule has 0 saturated carbocycles. The van der Waals surface area contributed by atoms with Gasteiger partial charge < -0.3 is 10.4 Å². The number of anilines is 1. The van der Waals surface area contributed by atoms with Crippen molar-refractivity contribution in [3.05, 3.63) is 34.2 Å². The molecule has 1 aromatic carbocycles. The van der Waals surface area contributed by atoms with Crippen LogP contribution in [0.2, 0.25) is 5.02 Å². The van der Waals surface area contributed by atoms with E-state index in [1.54, 1.807) is 17.0 Å². The minimum absolute atomic E-state index is 0.0229. The van der Waals surface area contributed by atoms with Gasteiger partial charge in [-0.2, -0.15) is 0 Å².